The lowest BCUT2D eigenvalue weighted by molar-refractivity contribution is -0.138. The van der Waals surface area contributed by atoms with Gasteiger partial charge in [-0.25, -0.2) is 9.59 Å². The van der Waals surface area contributed by atoms with Crippen molar-refractivity contribution in [1.29, 1.82) is 0 Å². The normalized spacial score (nSPS) is 15.0. The van der Waals surface area contributed by atoms with E-state index in [1.807, 2.05) is 36.0 Å². The summed E-state index contributed by atoms with van der Waals surface area (Å²) >= 11 is 1.96. The average Bonchev–Trinajstić information content (AvgIpc) is 2.61. The number of hydrogen-bond acceptors (Lipinski definition) is 7. The predicted octanol–water partition coefficient (Wildman–Crippen LogP) is 1.88. The molecule has 1 saturated heterocycles. The molecule has 0 saturated carbocycles. The summed E-state index contributed by atoms with van der Waals surface area (Å²) in [6.07, 6.45) is 1.07. The van der Waals surface area contributed by atoms with Crippen LogP contribution < -0.4 is 10.2 Å². The Hall–Kier alpha value is -2.15. The summed E-state index contributed by atoms with van der Waals surface area (Å²) in [6, 6.07) is 7.72. The molecule has 124 valence electrons. The molecule has 0 spiro atoms. The molecule has 1 aromatic carbocycles. The third-order valence-corrected chi connectivity index (χ3v) is 4.33. The summed E-state index contributed by atoms with van der Waals surface area (Å²) in [4.78, 5) is 25.4. The SMILES string of the molecule is COC(=O)/C=C(/Nc1ccc(N2CCSCC2)cc1)C(=O)OC. The van der Waals surface area contributed by atoms with Crippen LogP contribution in [-0.4, -0.2) is 50.8 Å². The molecule has 23 heavy (non-hydrogen) atoms. The van der Waals surface area contributed by atoms with E-state index in [-0.39, 0.29) is 5.70 Å². The summed E-state index contributed by atoms with van der Waals surface area (Å²) in [5, 5.41) is 2.89. The molecule has 0 aromatic heterocycles. The molecular formula is C16H20N2O4S. The highest BCUT2D eigenvalue weighted by Gasteiger charge is 2.14. The second-order valence-electron chi connectivity index (χ2n) is 4.84. The van der Waals surface area contributed by atoms with Gasteiger partial charge in [-0.2, -0.15) is 11.8 Å². The maximum Gasteiger partial charge on any atom is 0.354 e. The van der Waals surface area contributed by atoms with Crippen LogP contribution in [0.5, 0.6) is 0 Å². The summed E-state index contributed by atoms with van der Waals surface area (Å²) in [5.74, 6) is 1.01. The fourth-order valence-corrected chi connectivity index (χ4v) is 3.07. The zero-order valence-corrected chi connectivity index (χ0v) is 14.0. The van der Waals surface area contributed by atoms with Gasteiger partial charge in [-0.05, 0) is 24.3 Å². The van der Waals surface area contributed by atoms with E-state index >= 15 is 0 Å². The minimum atomic E-state index is -0.632. The maximum atomic E-state index is 11.7. The number of hydrogen-bond donors (Lipinski definition) is 1. The fourth-order valence-electron chi connectivity index (χ4n) is 2.17. The van der Waals surface area contributed by atoms with Gasteiger partial charge in [-0.1, -0.05) is 0 Å². The molecule has 0 unspecified atom stereocenters. The van der Waals surface area contributed by atoms with Gasteiger partial charge in [0.05, 0.1) is 20.3 Å². The van der Waals surface area contributed by atoms with Crippen LogP contribution in [0.3, 0.4) is 0 Å². The van der Waals surface area contributed by atoms with Gasteiger partial charge in [0, 0.05) is 36.0 Å². The van der Waals surface area contributed by atoms with Crippen molar-refractivity contribution in [3.8, 4) is 0 Å². The highest BCUT2D eigenvalue weighted by molar-refractivity contribution is 7.99. The van der Waals surface area contributed by atoms with Crippen LogP contribution in [0, 0.1) is 0 Å². The van der Waals surface area contributed by atoms with Crippen molar-refractivity contribution in [3.05, 3.63) is 36.0 Å². The molecular weight excluding hydrogens is 316 g/mol. The van der Waals surface area contributed by atoms with E-state index < -0.39 is 11.9 Å². The van der Waals surface area contributed by atoms with E-state index in [1.165, 1.54) is 14.2 Å². The van der Waals surface area contributed by atoms with Crippen LogP contribution in [0.25, 0.3) is 0 Å². The first-order valence-corrected chi connectivity index (χ1v) is 8.37. The molecule has 1 aliphatic rings. The van der Waals surface area contributed by atoms with Crippen molar-refractivity contribution >= 4 is 35.1 Å². The third kappa shape index (κ3) is 4.92. The number of methoxy groups -OCH3 is 2. The van der Waals surface area contributed by atoms with E-state index in [9.17, 15) is 9.59 Å². The zero-order chi connectivity index (χ0) is 16.7. The van der Waals surface area contributed by atoms with Gasteiger partial charge in [0.2, 0.25) is 0 Å². The van der Waals surface area contributed by atoms with Gasteiger partial charge in [-0.15, -0.1) is 0 Å². The average molecular weight is 336 g/mol. The molecule has 2 rings (SSSR count). The molecule has 0 bridgehead atoms. The Labute approximate surface area is 139 Å². The Morgan fingerprint density at radius 2 is 1.78 bits per heavy atom. The number of rotatable bonds is 5. The Morgan fingerprint density at radius 3 is 2.35 bits per heavy atom. The highest BCUT2D eigenvalue weighted by atomic mass is 32.2. The molecule has 1 heterocycles. The summed E-state index contributed by atoms with van der Waals surface area (Å²) in [5.41, 5.74) is 1.87. The number of nitrogens with one attached hydrogen (secondary N) is 1. The van der Waals surface area contributed by atoms with Gasteiger partial charge in [-0.3, -0.25) is 0 Å². The Kier molecular flexibility index (Phi) is 6.34. The molecule has 0 atom stereocenters. The van der Waals surface area contributed by atoms with Crippen LogP contribution >= 0.6 is 11.8 Å². The monoisotopic (exact) mass is 336 g/mol. The first-order valence-electron chi connectivity index (χ1n) is 7.22. The Balaban J connectivity index is 2.09. The number of benzene rings is 1. The lowest BCUT2D eigenvalue weighted by atomic mass is 10.2. The third-order valence-electron chi connectivity index (χ3n) is 3.39. The van der Waals surface area contributed by atoms with E-state index in [0.29, 0.717) is 5.69 Å². The molecule has 0 amide bonds. The highest BCUT2D eigenvalue weighted by Crippen LogP contribution is 2.22. The number of carbonyl (C=O) groups excluding carboxylic acids is 2. The zero-order valence-electron chi connectivity index (χ0n) is 13.2. The lowest BCUT2D eigenvalue weighted by Crippen LogP contribution is -2.32. The summed E-state index contributed by atoms with van der Waals surface area (Å²) in [7, 11) is 2.51. The van der Waals surface area contributed by atoms with Crippen molar-refractivity contribution < 1.29 is 19.1 Å². The predicted molar refractivity (Wildman–Crippen MR) is 91.7 cm³/mol. The Morgan fingerprint density at radius 1 is 1.13 bits per heavy atom. The van der Waals surface area contributed by atoms with Gasteiger partial charge >= 0.3 is 11.9 Å². The Bertz CT molecular complexity index is 580. The summed E-state index contributed by atoms with van der Waals surface area (Å²) in [6.45, 7) is 2.07. The number of esters is 2. The van der Waals surface area contributed by atoms with Crippen LogP contribution in [0.4, 0.5) is 11.4 Å². The van der Waals surface area contributed by atoms with E-state index in [1.54, 1.807) is 0 Å². The smallest absolute Gasteiger partial charge is 0.354 e. The molecule has 1 aromatic rings. The second-order valence-corrected chi connectivity index (χ2v) is 6.07. The van der Waals surface area contributed by atoms with Crippen molar-refractivity contribution in [3.63, 3.8) is 0 Å². The van der Waals surface area contributed by atoms with Gasteiger partial charge in [0.1, 0.15) is 5.70 Å². The molecule has 1 aliphatic heterocycles. The number of anilines is 2. The lowest BCUT2D eigenvalue weighted by Gasteiger charge is -2.28. The van der Waals surface area contributed by atoms with E-state index in [0.717, 1.165) is 36.4 Å². The fraction of sp³-hybridized carbons (Fsp3) is 0.375. The molecule has 0 radical (unpaired) electrons. The van der Waals surface area contributed by atoms with Crippen molar-refractivity contribution in [2.75, 3.05) is 49.0 Å². The van der Waals surface area contributed by atoms with Crippen molar-refractivity contribution in [1.82, 2.24) is 0 Å². The minimum absolute atomic E-state index is 0.0291. The number of carbonyl (C=O) groups is 2. The number of thioether (sulfide) groups is 1. The molecule has 7 heteroatoms. The van der Waals surface area contributed by atoms with E-state index in [4.69, 9.17) is 0 Å². The largest absolute Gasteiger partial charge is 0.466 e. The first kappa shape index (κ1) is 17.2. The van der Waals surface area contributed by atoms with Crippen LogP contribution in [-0.2, 0) is 19.1 Å². The maximum absolute atomic E-state index is 11.7. The van der Waals surface area contributed by atoms with Crippen LogP contribution in [0.15, 0.2) is 36.0 Å². The molecule has 0 aliphatic carbocycles. The standard InChI is InChI=1S/C16H20N2O4S/c1-21-15(19)11-14(16(20)22-2)17-12-3-5-13(6-4-12)18-7-9-23-10-8-18/h3-6,11,17H,7-10H2,1-2H3/b14-11+. The van der Waals surface area contributed by atoms with Gasteiger partial charge < -0.3 is 19.7 Å². The van der Waals surface area contributed by atoms with Crippen LogP contribution in [0.1, 0.15) is 0 Å². The number of ether oxygens (including phenoxy) is 2. The van der Waals surface area contributed by atoms with Gasteiger partial charge in [0.15, 0.2) is 0 Å². The van der Waals surface area contributed by atoms with E-state index in [2.05, 4.69) is 19.7 Å². The summed E-state index contributed by atoms with van der Waals surface area (Å²) < 4.78 is 9.20. The van der Waals surface area contributed by atoms with Crippen LogP contribution in [0.2, 0.25) is 0 Å². The minimum Gasteiger partial charge on any atom is -0.466 e. The number of nitrogens with zero attached hydrogens (tertiary/aromatic N) is 1. The van der Waals surface area contributed by atoms with Crippen molar-refractivity contribution in [2.45, 2.75) is 0 Å². The topological polar surface area (TPSA) is 67.9 Å². The van der Waals surface area contributed by atoms with Crippen molar-refractivity contribution in [2.24, 2.45) is 0 Å². The van der Waals surface area contributed by atoms with Gasteiger partial charge in [0.25, 0.3) is 0 Å². The molecule has 1 fully saturated rings. The second kappa shape index (κ2) is 8.47. The quantitative estimate of drug-likeness (QED) is 0.650. The molecule has 6 nitrogen and oxygen atoms in total. The molecule has 1 N–H and O–H groups in total. The first-order chi connectivity index (χ1) is 11.1.